The molecule has 0 aliphatic carbocycles. The standard InChI is InChI=1S/C26H31N3/c1(7-15-29-19-22-8-2-3-9-23(22)20-29)6-14-28-16-12-21(13-17-28)25-18-27-26-11-5-4-10-24(25)26/h2-5,8-11,18-21,27H,1,6-7,12-17H2. The van der Waals surface area contributed by atoms with Crippen molar-refractivity contribution >= 4 is 21.7 Å². The minimum atomic E-state index is 0.713. The zero-order valence-corrected chi connectivity index (χ0v) is 17.2. The Labute approximate surface area is 173 Å². The summed E-state index contributed by atoms with van der Waals surface area (Å²) in [7, 11) is 0. The first-order valence-electron chi connectivity index (χ1n) is 11.2. The molecule has 29 heavy (non-hydrogen) atoms. The van der Waals surface area contributed by atoms with Gasteiger partial charge in [0.25, 0.3) is 0 Å². The van der Waals surface area contributed by atoms with E-state index in [0.717, 1.165) is 6.54 Å². The Morgan fingerprint density at radius 1 is 0.793 bits per heavy atom. The fourth-order valence-electron chi connectivity index (χ4n) is 4.98. The van der Waals surface area contributed by atoms with Gasteiger partial charge in [0.15, 0.2) is 0 Å². The number of piperidine rings is 1. The van der Waals surface area contributed by atoms with Crippen LogP contribution >= 0.6 is 0 Å². The lowest BCUT2D eigenvalue weighted by Gasteiger charge is -2.32. The van der Waals surface area contributed by atoms with Gasteiger partial charge in [0.05, 0.1) is 0 Å². The molecule has 3 nitrogen and oxygen atoms in total. The van der Waals surface area contributed by atoms with Crippen LogP contribution in [0, 0.1) is 0 Å². The maximum Gasteiger partial charge on any atom is 0.0456 e. The zero-order valence-electron chi connectivity index (χ0n) is 17.2. The number of rotatable bonds is 7. The Bertz CT molecular complexity index is 1030. The molecule has 1 saturated heterocycles. The van der Waals surface area contributed by atoms with Crippen LogP contribution in [0.5, 0.6) is 0 Å². The van der Waals surface area contributed by atoms with Crippen LogP contribution in [0.1, 0.15) is 43.6 Å². The van der Waals surface area contributed by atoms with Gasteiger partial charge >= 0.3 is 0 Å². The second kappa shape index (κ2) is 8.46. The van der Waals surface area contributed by atoms with E-state index in [-0.39, 0.29) is 0 Å². The predicted octanol–water partition coefficient (Wildman–Crippen LogP) is 6.17. The number of fused-ring (bicyclic) bond motifs is 2. The number of hydrogen-bond donors (Lipinski definition) is 1. The van der Waals surface area contributed by atoms with E-state index in [1.165, 1.54) is 79.0 Å². The molecule has 3 heterocycles. The first-order chi connectivity index (χ1) is 14.4. The molecule has 0 bridgehead atoms. The van der Waals surface area contributed by atoms with E-state index in [1.54, 1.807) is 0 Å². The van der Waals surface area contributed by atoms with Gasteiger partial charge in [-0.2, -0.15) is 0 Å². The molecule has 0 unspecified atom stereocenters. The van der Waals surface area contributed by atoms with Gasteiger partial charge < -0.3 is 14.5 Å². The number of benzene rings is 2. The van der Waals surface area contributed by atoms with Crippen molar-refractivity contribution in [2.45, 2.75) is 44.6 Å². The third-order valence-corrected chi connectivity index (χ3v) is 6.65. The largest absolute Gasteiger partial charge is 0.361 e. The average molecular weight is 386 g/mol. The number of nitrogens with zero attached hydrogens (tertiary/aromatic N) is 2. The van der Waals surface area contributed by atoms with Crippen molar-refractivity contribution < 1.29 is 0 Å². The molecule has 1 fully saturated rings. The molecule has 2 aromatic heterocycles. The van der Waals surface area contributed by atoms with Crippen LogP contribution in [0.15, 0.2) is 67.1 Å². The van der Waals surface area contributed by atoms with Gasteiger partial charge in [-0.05, 0) is 73.6 Å². The van der Waals surface area contributed by atoms with Crippen LogP contribution in [-0.2, 0) is 6.54 Å². The van der Waals surface area contributed by atoms with Crippen molar-refractivity contribution in [3.63, 3.8) is 0 Å². The molecule has 0 spiro atoms. The molecule has 0 atom stereocenters. The summed E-state index contributed by atoms with van der Waals surface area (Å²) in [6.07, 6.45) is 13.3. The zero-order chi connectivity index (χ0) is 19.5. The highest BCUT2D eigenvalue weighted by molar-refractivity contribution is 5.83. The Morgan fingerprint density at radius 2 is 1.48 bits per heavy atom. The first kappa shape index (κ1) is 18.5. The highest BCUT2D eigenvalue weighted by Crippen LogP contribution is 2.33. The van der Waals surface area contributed by atoms with E-state index >= 15 is 0 Å². The molecule has 1 aliphatic rings. The molecule has 1 aliphatic heterocycles. The van der Waals surface area contributed by atoms with Crippen LogP contribution in [-0.4, -0.2) is 34.1 Å². The van der Waals surface area contributed by atoms with Crippen LogP contribution in [0.25, 0.3) is 21.7 Å². The molecule has 4 aromatic rings. The van der Waals surface area contributed by atoms with Crippen LogP contribution < -0.4 is 0 Å². The minimum absolute atomic E-state index is 0.713. The Kier molecular flexibility index (Phi) is 5.40. The molecule has 1 N–H and O–H groups in total. The number of aryl methyl sites for hydroxylation is 1. The maximum atomic E-state index is 3.45. The summed E-state index contributed by atoms with van der Waals surface area (Å²) >= 11 is 0. The number of unbranched alkanes of at least 4 members (excludes halogenated alkanes) is 2. The van der Waals surface area contributed by atoms with Gasteiger partial charge in [-0.1, -0.05) is 48.9 Å². The molecule has 3 heteroatoms. The summed E-state index contributed by atoms with van der Waals surface area (Å²) in [6, 6.07) is 17.4. The van der Waals surface area contributed by atoms with E-state index in [4.69, 9.17) is 0 Å². The second-order valence-corrected chi connectivity index (χ2v) is 8.59. The summed E-state index contributed by atoms with van der Waals surface area (Å²) in [5, 5.41) is 4.12. The maximum absolute atomic E-state index is 3.45. The molecule has 0 saturated carbocycles. The van der Waals surface area contributed by atoms with Gasteiger partial charge in [0, 0.05) is 36.0 Å². The number of aromatic nitrogens is 2. The quantitative estimate of drug-likeness (QED) is 0.378. The first-order valence-corrected chi connectivity index (χ1v) is 11.2. The fourth-order valence-corrected chi connectivity index (χ4v) is 4.98. The van der Waals surface area contributed by atoms with E-state index in [2.05, 4.69) is 81.6 Å². The number of H-pyrrole nitrogens is 1. The number of aromatic amines is 1. The highest BCUT2D eigenvalue weighted by Gasteiger charge is 2.22. The topological polar surface area (TPSA) is 24.0 Å². The third-order valence-electron chi connectivity index (χ3n) is 6.65. The van der Waals surface area contributed by atoms with Gasteiger partial charge in [-0.3, -0.25) is 0 Å². The smallest absolute Gasteiger partial charge is 0.0456 e. The lowest BCUT2D eigenvalue weighted by Crippen LogP contribution is -2.33. The summed E-state index contributed by atoms with van der Waals surface area (Å²) in [4.78, 5) is 6.13. The SMILES string of the molecule is c1ccc2cn(CCCCCN3CCC(c4c[nH]c5ccccc45)CC3)cc2c1. The van der Waals surface area contributed by atoms with Crippen molar-refractivity contribution in [1.82, 2.24) is 14.5 Å². The lowest BCUT2D eigenvalue weighted by atomic mass is 9.89. The number of nitrogens with one attached hydrogen (secondary N) is 1. The van der Waals surface area contributed by atoms with Gasteiger partial charge in [0.2, 0.25) is 0 Å². The molecule has 150 valence electrons. The Hall–Kier alpha value is -2.52. The van der Waals surface area contributed by atoms with Crippen molar-refractivity contribution in [2.75, 3.05) is 19.6 Å². The Balaban J connectivity index is 1.04. The normalized spacial score (nSPS) is 16.1. The van der Waals surface area contributed by atoms with E-state index in [0.29, 0.717) is 5.92 Å². The van der Waals surface area contributed by atoms with Gasteiger partial charge in [-0.15, -0.1) is 0 Å². The van der Waals surface area contributed by atoms with Crippen LogP contribution in [0.2, 0.25) is 0 Å². The average Bonchev–Trinajstić information content (AvgIpc) is 3.38. The third kappa shape index (κ3) is 4.11. The monoisotopic (exact) mass is 385 g/mol. The number of likely N-dealkylation sites (tertiary alicyclic amines) is 1. The van der Waals surface area contributed by atoms with Crippen molar-refractivity contribution in [3.05, 3.63) is 72.7 Å². The number of para-hydroxylation sites is 1. The molecule has 0 radical (unpaired) electrons. The van der Waals surface area contributed by atoms with E-state index < -0.39 is 0 Å². The summed E-state index contributed by atoms with van der Waals surface area (Å²) < 4.78 is 2.36. The van der Waals surface area contributed by atoms with Crippen molar-refractivity contribution in [2.24, 2.45) is 0 Å². The van der Waals surface area contributed by atoms with Crippen molar-refractivity contribution in [3.8, 4) is 0 Å². The van der Waals surface area contributed by atoms with Crippen LogP contribution in [0.4, 0.5) is 0 Å². The second-order valence-electron chi connectivity index (χ2n) is 8.59. The molecule has 2 aromatic carbocycles. The minimum Gasteiger partial charge on any atom is -0.361 e. The summed E-state index contributed by atoms with van der Waals surface area (Å²) in [5.41, 5.74) is 2.81. The fraction of sp³-hybridized carbons (Fsp3) is 0.385. The molecular formula is C26H31N3. The molecule has 0 amide bonds. The van der Waals surface area contributed by atoms with Crippen molar-refractivity contribution in [1.29, 1.82) is 0 Å². The van der Waals surface area contributed by atoms with Gasteiger partial charge in [-0.25, -0.2) is 0 Å². The van der Waals surface area contributed by atoms with Crippen LogP contribution in [0.3, 0.4) is 0 Å². The summed E-state index contributed by atoms with van der Waals surface area (Å²) in [5.74, 6) is 0.713. The molecular weight excluding hydrogens is 354 g/mol. The van der Waals surface area contributed by atoms with E-state index in [9.17, 15) is 0 Å². The molecule has 5 rings (SSSR count). The number of hydrogen-bond acceptors (Lipinski definition) is 1. The Morgan fingerprint density at radius 3 is 2.28 bits per heavy atom. The highest BCUT2D eigenvalue weighted by atomic mass is 15.1. The van der Waals surface area contributed by atoms with E-state index in [1.807, 2.05) is 0 Å². The van der Waals surface area contributed by atoms with Gasteiger partial charge in [0.1, 0.15) is 0 Å². The predicted molar refractivity (Wildman–Crippen MR) is 123 cm³/mol. The summed E-state index contributed by atoms with van der Waals surface area (Å²) in [6.45, 7) is 4.88. The lowest BCUT2D eigenvalue weighted by molar-refractivity contribution is 0.208.